The van der Waals surface area contributed by atoms with Crippen LogP contribution in [0.15, 0.2) is 89.9 Å². The number of fused-ring (bicyclic) bond motifs is 2. The lowest BCUT2D eigenvalue weighted by atomic mass is 9.80. The lowest BCUT2D eigenvalue weighted by Crippen LogP contribution is -2.29. The van der Waals surface area contributed by atoms with Crippen molar-refractivity contribution in [3.63, 3.8) is 0 Å². The molecule has 0 spiro atoms. The number of aromatic nitrogens is 2. The zero-order chi connectivity index (χ0) is 32.7. The van der Waals surface area contributed by atoms with E-state index in [0.29, 0.717) is 28.1 Å². The minimum absolute atomic E-state index is 0.291. The third-order valence-electron chi connectivity index (χ3n) is 7.25. The van der Waals surface area contributed by atoms with Crippen LogP contribution in [0.3, 0.4) is 0 Å². The maximum atomic E-state index is 8.74. The molecule has 0 saturated heterocycles. The van der Waals surface area contributed by atoms with Gasteiger partial charge in [-0.2, -0.15) is 0 Å². The number of methoxy groups -OCH3 is 2. The fraction of sp³-hybridized carbons (Fsp3) is 0.257. The van der Waals surface area contributed by atoms with E-state index < -0.39 is 7.12 Å². The molecule has 2 N–H and O–H groups in total. The van der Waals surface area contributed by atoms with Crippen molar-refractivity contribution in [2.75, 3.05) is 14.2 Å². The van der Waals surface area contributed by atoms with Crippen molar-refractivity contribution in [3.8, 4) is 17.2 Å². The molecule has 45 heavy (non-hydrogen) atoms. The van der Waals surface area contributed by atoms with Gasteiger partial charge in [-0.1, -0.05) is 87.3 Å². The molecule has 0 saturated carbocycles. The summed E-state index contributed by atoms with van der Waals surface area (Å²) >= 11 is 12.3. The zero-order valence-corrected chi connectivity index (χ0v) is 27.8. The van der Waals surface area contributed by atoms with E-state index in [1.807, 2.05) is 48.5 Å². The van der Waals surface area contributed by atoms with Crippen LogP contribution in [-0.2, 0) is 6.42 Å². The van der Waals surface area contributed by atoms with Crippen LogP contribution in [0.2, 0.25) is 10.0 Å². The number of ether oxygens (including phenoxy) is 2. The predicted octanol–water partition coefficient (Wildman–Crippen LogP) is 7.81. The molecule has 234 valence electrons. The van der Waals surface area contributed by atoms with E-state index in [9.17, 15) is 0 Å². The number of halogens is 2. The molecule has 0 amide bonds. The fourth-order valence-corrected chi connectivity index (χ4v) is 5.28. The highest BCUT2D eigenvalue weighted by Gasteiger charge is 2.19. The highest BCUT2D eigenvalue weighted by molar-refractivity contribution is 6.58. The summed E-state index contributed by atoms with van der Waals surface area (Å²) in [6.45, 7) is 8.59. The minimum atomic E-state index is -1.43. The summed E-state index contributed by atoms with van der Waals surface area (Å²) in [7, 11) is 1.78. The first-order valence-electron chi connectivity index (χ1n) is 14.7. The third-order valence-corrected chi connectivity index (χ3v) is 7.86. The number of aliphatic imine (C=N–C) groups is 1. The first-order chi connectivity index (χ1) is 21.5. The Morgan fingerprint density at radius 3 is 2.02 bits per heavy atom. The van der Waals surface area contributed by atoms with Crippen molar-refractivity contribution in [2.24, 2.45) is 10.9 Å². The van der Waals surface area contributed by atoms with Crippen LogP contribution in [0.5, 0.6) is 11.5 Å². The Kier molecular flexibility index (Phi) is 11.7. The Morgan fingerprint density at radius 1 is 0.778 bits per heavy atom. The Labute approximate surface area is 275 Å². The minimum Gasteiger partial charge on any atom is -0.497 e. The third kappa shape index (κ3) is 8.27. The smallest absolute Gasteiger partial charge is 0.488 e. The maximum absolute atomic E-state index is 8.74. The van der Waals surface area contributed by atoms with E-state index in [2.05, 4.69) is 49.4 Å². The van der Waals surface area contributed by atoms with Gasteiger partial charge >= 0.3 is 7.12 Å². The summed E-state index contributed by atoms with van der Waals surface area (Å²) in [4.78, 5) is 9.27. The molecule has 7 nitrogen and oxygen atoms in total. The highest BCUT2D eigenvalue weighted by atomic mass is 35.5. The summed E-state index contributed by atoms with van der Waals surface area (Å²) in [5.41, 5.74) is 6.80. The summed E-state index contributed by atoms with van der Waals surface area (Å²) in [5.74, 6) is 3.25. The van der Waals surface area contributed by atoms with E-state index in [1.165, 1.54) is 18.4 Å². The van der Waals surface area contributed by atoms with E-state index in [0.717, 1.165) is 45.4 Å². The van der Waals surface area contributed by atoms with Gasteiger partial charge in [0.15, 0.2) is 0 Å². The van der Waals surface area contributed by atoms with Crippen molar-refractivity contribution in [3.05, 3.63) is 106 Å². The molecule has 0 aliphatic carbocycles. The Bertz CT molecular complexity index is 1790. The molecule has 4 aromatic carbocycles. The van der Waals surface area contributed by atoms with Crippen molar-refractivity contribution >= 4 is 58.2 Å². The van der Waals surface area contributed by atoms with Crippen molar-refractivity contribution in [1.82, 2.24) is 9.55 Å². The topological polar surface area (TPSA) is 89.1 Å². The lowest BCUT2D eigenvalue weighted by Gasteiger charge is -2.12. The molecule has 0 radical (unpaired) electrons. The van der Waals surface area contributed by atoms with Gasteiger partial charge in [0.2, 0.25) is 0 Å². The zero-order valence-electron chi connectivity index (χ0n) is 26.3. The monoisotopic (exact) mass is 645 g/mol. The molecule has 1 aliphatic rings. The van der Waals surface area contributed by atoms with Crippen LogP contribution in [0.4, 0.5) is 5.69 Å². The molecule has 6 rings (SSSR count). The van der Waals surface area contributed by atoms with Gasteiger partial charge in [-0.3, -0.25) is 9.56 Å². The van der Waals surface area contributed by atoms with Crippen LogP contribution in [0.1, 0.15) is 45.0 Å². The van der Waals surface area contributed by atoms with Gasteiger partial charge in [-0.25, -0.2) is 4.98 Å². The fourth-order valence-electron chi connectivity index (χ4n) is 4.83. The average Bonchev–Trinajstić information content (AvgIpc) is 3.66. The van der Waals surface area contributed by atoms with Crippen molar-refractivity contribution in [2.45, 2.75) is 40.0 Å². The lowest BCUT2D eigenvalue weighted by molar-refractivity contribution is 0.412. The standard InChI is InChI=1S/C17H17ClN2O.C11H12ClN.C7H9BO3/c1-11(2)17-19-16-14(18)8-5-9-15(16)20(17)12-6-4-7-13(10-12)21-3;1-7(2)10-6-8-4-3-5-9(12)11(8)13-10;1-11-7-4-2-3-6(5-7)8(9)10/h4-11H,1-3H3;3-5,7H,6H2,1-2H3;2-5,9-10H,1H3. The van der Waals surface area contributed by atoms with Crippen LogP contribution in [0, 0.1) is 5.92 Å². The molecule has 0 unspecified atom stereocenters. The normalized spacial score (nSPS) is 11.8. The highest BCUT2D eigenvalue weighted by Crippen LogP contribution is 2.35. The number of hydrogen-bond acceptors (Lipinski definition) is 6. The van der Waals surface area contributed by atoms with Gasteiger partial charge in [0.1, 0.15) is 22.8 Å². The number of rotatable bonds is 6. The van der Waals surface area contributed by atoms with Gasteiger partial charge in [0.25, 0.3) is 0 Å². The molecular weight excluding hydrogens is 608 g/mol. The Balaban J connectivity index is 0.000000165. The largest absolute Gasteiger partial charge is 0.497 e. The summed E-state index contributed by atoms with van der Waals surface area (Å²) < 4.78 is 12.4. The molecule has 0 bridgehead atoms. The van der Waals surface area contributed by atoms with Gasteiger partial charge in [0, 0.05) is 24.1 Å². The summed E-state index contributed by atoms with van der Waals surface area (Å²) in [5, 5.41) is 18.9. The predicted molar refractivity (Wildman–Crippen MR) is 187 cm³/mol. The van der Waals surface area contributed by atoms with E-state index in [4.69, 9.17) is 47.7 Å². The molecular formula is C35H38BCl2N3O4. The molecule has 1 aliphatic heterocycles. The van der Waals surface area contributed by atoms with Crippen LogP contribution in [0.25, 0.3) is 16.7 Å². The number of benzene rings is 4. The van der Waals surface area contributed by atoms with Gasteiger partial charge in [-0.05, 0) is 59.4 Å². The quantitative estimate of drug-likeness (QED) is 0.184. The van der Waals surface area contributed by atoms with Gasteiger partial charge in [-0.15, -0.1) is 0 Å². The Morgan fingerprint density at radius 2 is 1.40 bits per heavy atom. The molecule has 1 aromatic heterocycles. The van der Waals surface area contributed by atoms with Crippen LogP contribution < -0.4 is 14.9 Å². The maximum Gasteiger partial charge on any atom is 0.488 e. The second-order valence-corrected chi connectivity index (χ2v) is 11.9. The van der Waals surface area contributed by atoms with Crippen molar-refractivity contribution in [1.29, 1.82) is 0 Å². The van der Waals surface area contributed by atoms with Gasteiger partial charge in [0.05, 0.1) is 41.2 Å². The molecule has 5 aromatic rings. The molecule has 10 heteroatoms. The van der Waals surface area contributed by atoms with Crippen LogP contribution >= 0.6 is 23.2 Å². The molecule has 0 atom stereocenters. The van der Waals surface area contributed by atoms with E-state index in [-0.39, 0.29) is 0 Å². The second-order valence-electron chi connectivity index (χ2n) is 11.1. The number of imidazole rings is 1. The first-order valence-corrected chi connectivity index (χ1v) is 15.5. The number of nitrogens with zero attached hydrogens (tertiary/aromatic N) is 3. The summed E-state index contributed by atoms with van der Waals surface area (Å²) in [6.07, 6.45) is 0.966. The van der Waals surface area contributed by atoms with Gasteiger partial charge < -0.3 is 19.5 Å². The van der Waals surface area contributed by atoms with Crippen molar-refractivity contribution < 1.29 is 19.5 Å². The summed E-state index contributed by atoms with van der Waals surface area (Å²) in [6, 6.07) is 26.5. The first kappa shape index (κ1) is 34.1. The Hall–Kier alpha value is -3.82. The molecule has 0 fully saturated rings. The van der Waals surface area contributed by atoms with Crippen LogP contribution in [-0.4, -0.2) is 46.6 Å². The van der Waals surface area contributed by atoms with E-state index in [1.54, 1.807) is 31.4 Å². The molecule has 2 heterocycles. The average molecular weight is 646 g/mol. The second kappa shape index (κ2) is 15.5. The number of hydrogen-bond donors (Lipinski definition) is 2. The SMILES string of the molecule is CC(C)C1=Nc2c(Cl)cccc2C1.COc1cccc(-n2c(C(C)C)nc3c(Cl)cccc32)c1.COc1cccc(B(O)O)c1. The van der Waals surface area contributed by atoms with E-state index >= 15 is 0 Å². The number of para-hydroxylation sites is 2.